The van der Waals surface area contributed by atoms with Crippen LogP contribution >= 0.6 is 0 Å². The third kappa shape index (κ3) is 5.95. The fourth-order valence-electron chi connectivity index (χ4n) is 1.95. The molecule has 5 nitrogen and oxygen atoms in total. The summed E-state index contributed by atoms with van der Waals surface area (Å²) in [5.74, 6) is -0.307. The van der Waals surface area contributed by atoms with Gasteiger partial charge in [-0.25, -0.2) is 0 Å². The van der Waals surface area contributed by atoms with Gasteiger partial charge in [-0.15, -0.1) is 0 Å². The first-order chi connectivity index (χ1) is 10.0. The molecule has 0 bridgehead atoms. The van der Waals surface area contributed by atoms with Crippen molar-refractivity contribution in [3.8, 4) is 0 Å². The molecule has 1 aromatic carbocycles. The number of amides is 2. The number of carbonyl (C=O) groups excluding carboxylic acids is 2. The molecule has 0 saturated heterocycles. The number of hydrogen-bond acceptors (Lipinski definition) is 3. The van der Waals surface area contributed by atoms with Crippen LogP contribution in [-0.4, -0.2) is 35.6 Å². The van der Waals surface area contributed by atoms with Gasteiger partial charge in [-0.05, 0) is 31.9 Å². The van der Waals surface area contributed by atoms with Gasteiger partial charge in [0.15, 0.2) is 0 Å². The van der Waals surface area contributed by atoms with Crippen LogP contribution in [-0.2, 0) is 4.79 Å². The lowest BCUT2D eigenvalue weighted by Crippen LogP contribution is -2.46. The van der Waals surface area contributed by atoms with Gasteiger partial charge in [0, 0.05) is 30.7 Å². The summed E-state index contributed by atoms with van der Waals surface area (Å²) in [5, 5.41) is 14.6. The van der Waals surface area contributed by atoms with Crippen LogP contribution in [0.3, 0.4) is 0 Å². The highest BCUT2D eigenvalue weighted by atomic mass is 16.3. The average molecular weight is 292 g/mol. The molecule has 2 amide bonds. The maximum atomic E-state index is 11.9. The molecule has 0 aliphatic rings. The lowest BCUT2D eigenvalue weighted by Gasteiger charge is -2.29. The van der Waals surface area contributed by atoms with E-state index in [2.05, 4.69) is 10.6 Å². The molecule has 0 radical (unpaired) electrons. The molecule has 0 saturated carbocycles. The van der Waals surface area contributed by atoms with Crippen molar-refractivity contribution < 1.29 is 14.7 Å². The minimum Gasteiger partial charge on any atom is -0.396 e. The maximum Gasteiger partial charge on any atom is 0.251 e. The zero-order valence-electron chi connectivity index (χ0n) is 12.7. The van der Waals surface area contributed by atoms with E-state index in [9.17, 15) is 9.59 Å². The molecule has 0 aliphatic heterocycles. The van der Waals surface area contributed by atoms with Crippen molar-refractivity contribution in [2.45, 2.75) is 38.6 Å². The van der Waals surface area contributed by atoms with Crippen LogP contribution in [0.5, 0.6) is 0 Å². The summed E-state index contributed by atoms with van der Waals surface area (Å²) in [7, 11) is 0. The molecule has 1 unspecified atom stereocenters. The van der Waals surface area contributed by atoms with Crippen LogP contribution in [0.15, 0.2) is 30.3 Å². The molecule has 1 aromatic rings. The summed E-state index contributed by atoms with van der Waals surface area (Å²) in [4.78, 5) is 23.7. The van der Waals surface area contributed by atoms with E-state index in [-0.39, 0.29) is 24.8 Å². The standard InChI is InChI=1S/C16H24N2O3/c1-3-16(2,10-12-19)18-14(20)9-11-17-15(21)13-7-5-4-6-8-13/h4-8,19H,3,9-12H2,1-2H3,(H,17,21)(H,18,20). The van der Waals surface area contributed by atoms with E-state index in [4.69, 9.17) is 5.11 Å². The fourth-order valence-corrected chi connectivity index (χ4v) is 1.95. The molecule has 1 rings (SSSR count). The predicted molar refractivity (Wildman–Crippen MR) is 81.9 cm³/mol. The largest absolute Gasteiger partial charge is 0.396 e. The smallest absolute Gasteiger partial charge is 0.251 e. The molecule has 5 heteroatoms. The first kappa shape index (κ1) is 17.2. The van der Waals surface area contributed by atoms with E-state index < -0.39 is 5.54 Å². The Bertz CT molecular complexity index is 462. The van der Waals surface area contributed by atoms with Crippen LogP contribution in [0.2, 0.25) is 0 Å². The zero-order chi connectivity index (χ0) is 15.7. The quantitative estimate of drug-likeness (QED) is 0.679. The van der Waals surface area contributed by atoms with E-state index in [1.54, 1.807) is 24.3 Å². The minimum absolute atomic E-state index is 0.0371. The van der Waals surface area contributed by atoms with Crippen molar-refractivity contribution in [3.05, 3.63) is 35.9 Å². The van der Waals surface area contributed by atoms with Gasteiger partial charge in [0.1, 0.15) is 0 Å². The monoisotopic (exact) mass is 292 g/mol. The van der Waals surface area contributed by atoms with Gasteiger partial charge >= 0.3 is 0 Å². The molecule has 0 spiro atoms. The molecule has 0 aliphatic carbocycles. The highest BCUT2D eigenvalue weighted by molar-refractivity contribution is 5.94. The van der Waals surface area contributed by atoms with Crippen LogP contribution in [0, 0.1) is 0 Å². The van der Waals surface area contributed by atoms with E-state index in [1.165, 1.54) is 0 Å². The van der Waals surface area contributed by atoms with E-state index in [0.717, 1.165) is 6.42 Å². The lowest BCUT2D eigenvalue weighted by molar-refractivity contribution is -0.122. The van der Waals surface area contributed by atoms with Gasteiger partial charge in [0.25, 0.3) is 5.91 Å². The molecule has 21 heavy (non-hydrogen) atoms. The maximum absolute atomic E-state index is 11.9. The first-order valence-corrected chi connectivity index (χ1v) is 7.26. The van der Waals surface area contributed by atoms with Crippen LogP contribution in [0.4, 0.5) is 0 Å². The van der Waals surface area contributed by atoms with Crippen LogP contribution in [0.25, 0.3) is 0 Å². The van der Waals surface area contributed by atoms with Gasteiger partial charge in [-0.3, -0.25) is 9.59 Å². The molecule has 3 N–H and O–H groups in total. The Morgan fingerprint density at radius 1 is 1.24 bits per heavy atom. The SMILES string of the molecule is CCC(C)(CCO)NC(=O)CCNC(=O)c1ccccc1. The number of aliphatic hydroxyl groups is 1. The summed E-state index contributed by atoms with van der Waals surface area (Å²) >= 11 is 0. The molecule has 0 fully saturated rings. The molecule has 1 atom stereocenters. The Morgan fingerprint density at radius 3 is 2.48 bits per heavy atom. The molecular weight excluding hydrogens is 268 g/mol. The second kappa shape index (κ2) is 8.42. The van der Waals surface area contributed by atoms with Crippen molar-refractivity contribution in [2.24, 2.45) is 0 Å². The third-order valence-electron chi connectivity index (χ3n) is 3.56. The van der Waals surface area contributed by atoms with Crippen LogP contribution < -0.4 is 10.6 Å². The Hall–Kier alpha value is -1.88. The summed E-state index contributed by atoms with van der Waals surface area (Å²) in [6.07, 6.45) is 1.49. The summed E-state index contributed by atoms with van der Waals surface area (Å²) < 4.78 is 0. The molecule has 0 aromatic heterocycles. The van der Waals surface area contributed by atoms with Crippen molar-refractivity contribution in [1.29, 1.82) is 0 Å². The number of carbonyl (C=O) groups is 2. The average Bonchev–Trinajstić information content (AvgIpc) is 2.48. The van der Waals surface area contributed by atoms with Gasteiger partial charge in [-0.1, -0.05) is 25.1 Å². The van der Waals surface area contributed by atoms with Crippen molar-refractivity contribution in [2.75, 3.05) is 13.2 Å². The number of benzene rings is 1. The van der Waals surface area contributed by atoms with Gasteiger partial charge < -0.3 is 15.7 Å². The van der Waals surface area contributed by atoms with Crippen LogP contribution in [0.1, 0.15) is 43.5 Å². The number of aliphatic hydroxyl groups excluding tert-OH is 1. The first-order valence-electron chi connectivity index (χ1n) is 7.26. The van der Waals surface area contributed by atoms with Gasteiger partial charge in [0.05, 0.1) is 0 Å². The highest BCUT2D eigenvalue weighted by Gasteiger charge is 2.23. The Balaban J connectivity index is 2.35. The zero-order valence-corrected chi connectivity index (χ0v) is 12.7. The van der Waals surface area contributed by atoms with Crippen molar-refractivity contribution in [3.63, 3.8) is 0 Å². The Kier molecular flexibility index (Phi) is 6.88. The van der Waals surface area contributed by atoms with Gasteiger partial charge in [-0.2, -0.15) is 0 Å². The second-order valence-corrected chi connectivity index (χ2v) is 5.31. The van der Waals surface area contributed by atoms with E-state index in [0.29, 0.717) is 18.5 Å². The third-order valence-corrected chi connectivity index (χ3v) is 3.56. The number of nitrogens with one attached hydrogen (secondary N) is 2. The van der Waals surface area contributed by atoms with E-state index >= 15 is 0 Å². The molecule has 116 valence electrons. The van der Waals surface area contributed by atoms with E-state index in [1.807, 2.05) is 19.9 Å². The molecule has 0 heterocycles. The normalized spacial score (nSPS) is 13.3. The Labute approximate surface area is 125 Å². The second-order valence-electron chi connectivity index (χ2n) is 5.31. The summed E-state index contributed by atoms with van der Waals surface area (Å²) in [6, 6.07) is 8.89. The number of rotatable bonds is 8. The highest BCUT2D eigenvalue weighted by Crippen LogP contribution is 2.13. The van der Waals surface area contributed by atoms with Crippen molar-refractivity contribution in [1.82, 2.24) is 10.6 Å². The fraction of sp³-hybridized carbons (Fsp3) is 0.500. The topological polar surface area (TPSA) is 78.4 Å². The van der Waals surface area contributed by atoms with Gasteiger partial charge in [0.2, 0.25) is 5.91 Å². The Morgan fingerprint density at radius 2 is 1.90 bits per heavy atom. The minimum atomic E-state index is -0.394. The lowest BCUT2D eigenvalue weighted by atomic mass is 9.95. The summed E-state index contributed by atoms with van der Waals surface area (Å²) in [5.41, 5.74) is 0.187. The van der Waals surface area contributed by atoms with Crippen molar-refractivity contribution >= 4 is 11.8 Å². The molecular formula is C16H24N2O3. The summed E-state index contributed by atoms with van der Waals surface area (Å²) in [6.45, 7) is 4.20. The predicted octanol–water partition coefficient (Wildman–Crippen LogP) is 1.47. The number of hydrogen-bond donors (Lipinski definition) is 3.